The Kier molecular flexibility index (Phi) is 4.01. The summed E-state index contributed by atoms with van der Waals surface area (Å²) < 4.78 is 0. The maximum absolute atomic E-state index is 12.6. The molecule has 1 fully saturated rings. The van der Waals surface area contributed by atoms with Crippen molar-refractivity contribution in [3.63, 3.8) is 0 Å². The monoisotopic (exact) mass is 297 g/mol. The van der Waals surface area contributed by atoms with E-state index in [0.29, 0.717) is 5.92 Å². The van der Waals surface area contributed by atoms with E-state index in [4.69, 9.17) is 0 Å². The highest BCUT2D eigenvalue weighted by Gasteiger charge is 2.32. The van der Waals surface area contributed by atoms with Crippen molar-refractivity contribution in [1.29, 1.82) is 0 Å². The minimum atomic E-state index is -0.127. The minimum Gasteiger partial charge on any atom is -0.357 e. The highest BCUT2D eigenvalue weighted by atomic mass is 16.2. The third-order valence-electron chi connectivity index (χ3n) is 4.27. The Labute approximate surface area is 131 Å². The van der Waals surface area contributed by atoms with E-state index in [-0.39, 0.29) is 11.9 Å². The molecule has 116 valence electrons. The smallest absolute Gasteiger partial charge is 0.245 e. The van der Waals surface area contributed by atoms with Gasteiger partial charge in [0.1, 0.15) is 6.04 Å². The first-order valence-corrected chi connectivity index (χ1v) is 7.97. The summed E-state index contributed by atoms with van der Waals surface area (Å²) in [6, 6.07) is 10.0. The van der Waals surface area contributed by atoms with E-state index >= 15 is 0 Å². The summed E-state index contributed by atoms with van der Waals surface area (Å²) in [6.07, 6.45) is 1.83. The summed E-state index contributed by atoms with van der Waals surface area (Å²) in [7, 11) is 0. The Morgan fingerprint density at radius 1 is 1.23 bits per heavy atom. The number of para-hydroxylation sites is 1. The van der Waals surface area contributed by atoms with Gasteiger partial charge in [-0.25, -0.2) is 0 Å². The third-order valence-corrected chi connectivity index (χ3v) is 4.27. The van der Waals surface area contributed by atoms with Crippen molar-refractivity contribution in [3.05, 3.63) is 36.5 Å². The van der Waals surface area contributed by atoms with Gasteiger partial charge in [0.15, 0.2) is 0 Å². The summed E-state index contributed by atoms with van der Waals surface area (Å²) in [5, 5.41) is 1.11. The van der Waals surface area contributed by atoms with Gasteiger partial charge in [-0.2, -0.15) is 0 Å². The molecule has 2 heterocycles. The molecule has 1 aliphatic rings. The van der Waals surface area contributed by atoms with E-state index in [9.17, 15) is 4.79 Å². The molecule has 0 saturated carbocycles. The van der Waals surface area contributed by atoms with Crippen LogP contribution < -0.4 is 4.90 Å². The summed E-state index contributed by atoms with van der Waals surface area (Å²) in [5.41, 5.74) is 2.08. The number of hydrogen-bond donors (Lipinski definition) is 0. The van der Waals surface area contributed by atoms with Crippen molar-refractivity contribution in [1.82, 2.24) is 9.88 Å². The highest BCUT2D eigenvalue weighted by Crippen LogP contribution is 2.28. The molecule has 1 aromatic heterocycles. The molecule has 1 atom stereocenters. The van der Waals surface area contributed by atoms with Crippen LogP contribution in [-0.2, 0) is 4.79 Å². The second kappa shape index (κ2) is 5.95. The van der Waals surface area contributed by atoms with Gasteiger partial charge >= 0.3 is 0 Å². The SMILES string of the molecule is CC(C)CN1CCN(c2ccnc3ccccc23)[C@@H](C)C1=O. The van der Waals surface area contributed by atoms with E-state index in [0.717, 1.165) is 36.2 Å². The molecule has 4 nitrogen and oxygen atoms in total. The Hall–Kier alpha value is -2.10. The van der Waals surface area contributed by atoms with E-state index in [1.165, 1.54) is 0 Å². The van der Waals surface area contributed by atoms with Crippen LogP contribution in [0.15, 0.2) is 36.5 Å². The Morgan fingerprint density at radius 2 is 2.00 bits per heavy atom. The first kappa shape index (κ1) is 14.8. The van der Waals surface area contributed by atoms with Crippen LogP contribution in [0.5, 0.6) is 0 Å². The molecule has 0 aliphatic carbocycles. The molecule has 0 unspecified atom stereocenters. The van der Waals surface area contributed by atoms with Crippen molar-refractivity contribution >= 4 is 22.5 Å². The zero-order valence-electron chi connectivity index (χ0n) is 13.5. The van der Waals surface area contributed by atoms with Gasteiger partial charge in [-0.15, -0.1) is 0 Å². The van der Waals surface area contributed by atoms with Crippen molar-refractivity contribution in [2.24, 2.45) is 5.92 Å². The molecular formula is C18H23N3O. The normalized spacial score (nSPS) is 19.3. The number of carbonyl (C=O) groups is 1. The summed E-state index contributed by atoms with van der Waals surface area (Å²) in [5.74, 6) is 0.727. The number of piperazine rings is 1. The third kappa shape index (κ3) is 2.65. The van der Waals surface area contributed by atoms with Gasteiger partial charge in [0, 0.05) is 36.9 Å². The number of rotatable bonds is 3. The van der Waals surface area contributed by atoms with Crippen molar-refractivity contribution in [2.45, 2.75) is 26.8 Å². The second-order valence-corrected chi connectivity index (χ2v) is 6.39. The molecule has 0 bridgehead atoms. The van der Waals surface area contributed by atoms with Crippen LogP contribution in [0.1, 0.15) is 20.8 Å². The molecule has 4 heteroatoms. The topological polar surface area (TPSA) is 36.4 Å². The molecule has 0 N–H and O–H groups in total. The molecule has 1 amide bonds. The van der Waals surface area contributed by atoms with Gasteiger partial charge in [0.05, 0.1) is 5.52 Å². The average Bonchev–Trinajstić information content (AvgIpc) is 2.51. The largest absolute Gasteiger partial charge is 0.357 e. The summed E-state index contributed by atoms with van der Waals surface area (Å²) >= 11 is 0. The Bertz CT molecular complexity index is 678. The number of nitrogens with zero attached hydrogens (tertiary/aromatic N) is 3. The van der Waals surface area contributed by atoms with Gasteiger partial charge in [-0.3, -0.25) is 9.78 Å². The maximum atomic E-state index is 12.6. The number of benzene rings is 1. The molecule has 0 radical (unpaired) electrons. The van der Waals surface area contributed by atoms with Crippen LogP contribution in [0.3, 0.4) is 0 Å². The standard InChI is InChI=1S/C18H23N3O/c1-13(2)12-20-10-11-21(14(3)18(20)22)17-8-9-19-16-7-5-4-6-15(16)17/h4-9,13-14H,10-12H2,1-3H3/t14-/m0/s1. The van der Waals surface area contributed by atoms with Gasteiger partial charge in [-0.1, -0.05) is 32.0 Å². The van der Waals surface area contributed by atoms with E-state index in [2.05, 4.69) is 29.8 Å². The fraction of sp³-hybridized carbons (Fsp3) is 0.444. The molecular weight excluding hydrogens is 274 g/mol. The quantitative estimate of drug-likeness (QED) is 0.874. The van der Waals surface area contributed by atoms with Crippen molar-refractivity contribution < 1.29 is 4.79 Å². The Balaban J connectivity index is 1.91. The Morgan fingerprint density at radius 3 is 2.77 bits per heavy atom. The number of hydrogen-bond acceptors (Lipinski definition) is 3. The number of pyridine rings is 1. The van der Waals surface area contributed by atoms with Crippen LogP contribution in [0, 0.1) is 5.92 Å². The van der Waals surface area contributed by atoms with Crippen LogP contribution in [0.4, 0.5) is 5.69 Å². The van der Waals surface area contributed by atoms with Gasteiger partial charge in [0.25, 0.3) is 0 Å². The number of fused-ring (bicyclic) bond motifs is 1. The van der Waals surface area contributed by atoms with Crippen LogP contribution >= 0.6 is 0 Å². The fourth-order valence-electron chi connectivity index (χ4n) is 3.21. The zero-order chi connectivity index (χ0) is 15.7. The predicted octanol–water partition coefficient (Wildman–Crippen LogP) is 2.93. The fourth-order valence-corrected chi connectivity index (χ4v) is 3.21. The number of carbonyl (C=O) groups excluding carboxylic acids is 1. The summed E-state index contributed by atoms with van der Waals surface area (Å²) in [4.78, 5) is 21.3. The number of anilines is 1. The maximum Gasteiger partial charge on any atom is 0.245 e. The van der Waals surface area contributed by atoms with Crippen molar-refractivity contribution in [3.8, 4) is 0 Å². The second-order valence-electron chi connectivity index (χ2n) is 6.39. The van der Waals surface area contributed by atoms with Crippen LogP contribution in [0.2, 0.25) is 0 Å². The number of amides is 1. The van der Waals surface area contributed by atoms with E-state index in [1.54, 1.807) is 0 Å². The van der Waals surface area contributed by atoms with Crippen LogP contribution in [-0.4, -0.2) is 41.5 Å². The average molecular weight is 297 g/mol. The molecule has 2 aromatic rings. The summed E-state index contributed by atoms with van der Waals surface area (Å²) in [6.45, 7) is 8.81. The lowest BCUT2D eigenvalue weighted by Crippen LogP contribution is -2.56. The first-order chi connectivity index (χ1) is 10.6. The van der Waals surface area contributed by atoms with Gasteiger partial charge < -0.3 is 9.80 Å². The minimum absolute atomic E-state index is 0.127. The zero-order valence-corrected chi connectivity index (χ0v) is 13.5. The van der Waals surface area contributed by atoms with Crippen LogP contribution in [0.25, 0.3) is 10.9 Å². The lowest BCUT2D eigenvalue weighted by molar-refractivity contribution is -0.134. The van der Waals surface area contributed by atoms with Crippen molar-refractivity contribution in [2.75, 3.05) is 24.5 Å². The van der Waals surface area contributed by atoms with E-state index in [1.807, 2.05) is 42.3 Å². The van der Waals surface area contributed by atoms with E-state index < -0.39 is 0 Å². The highest BCUT2D eigenvalue weighted by molar-refractivity contribution is 5.95. The van der Waals surface area contributed by atoms with Gasteiger partial charge in [-0.05, 0) is 25.0 Å². The molecule has 0 spiro atoms. The van der Waals surface area contributed by atoms with Gasteiger partial charge in [0.2, 0.25) is 5.91 Å². The molecule has 3 rings (SSSR count). The molecule has 1 aliphatic heterocycles. The molecule has 1 saturated heterocycles. The predicted molar refractivity (Wildman–Crippen MR) is 90.0 cm³/mol. The first-order valence-electron chi connectivity index (χ1n) is 7.97. The molecule has 22 heavy (non-hydrogen) atoms. The molecule has 1 aromatic carbocycles. The number of aromatic nitrogens is 1. The lowest BCUT2D eigenvalue weighted by Gasteiger charge is -2.41. The lowest BCUT2D eigenvalue weighted by atomic mass is 10.1.